The largest absolute Gasteiger partial charge is 0.289 e. The summed E-state index contributed by atoms with van der Waals surface area (Å²) < 4.78 is 1.15. The van der Waals surface area contributed by atoms with Gasteiger partial charge in [0.25, 0.3) is 0 Å². The quantitative estimate of drug-likeness (QED) is 0.889. The minimum atomic E-state index is 0.359. The average molecular weight is 372 g/mol. The van der Waals surface area contributed by atoms with Crippen molar-refractivity contribution >= 4 is 15.9 Å². The monoisotopic (exact) mass is 371 g/mol. The van der Waals surface area contributed by atoms with Gasteiger partial charge in [0.15, 0.2) is 0 Å². The normalized spacial score (nSPS) is 25.4. The molecule has 2 aliphatic heterocycles. The minimum Gasteiger partial charge on any atom is -0.289 e. The highest BCUT2D eigenvalue weighted by Crippen LogP contribution is 2.34. The van der Waals surface area contributed by atoms with Crippen LogP contribution in [0.2, 0.25) is 0 Å². The molecule has 120 valence electrons. The Morgan fingerprint density at radius 3 is 2.61 bits per heavy atom. The number of hydrogen-bond donors (Lipinski definition) is 1. The molecule has 0 bridgehead atoms. The first-order valence-corrected chi connectivity index (χ1v) is 9.13. The number of halogens is 1. The molecule has 1 N–H and O–H groups in total. The maximum absolute atomic E-state index is 3.71. The number of benzene rings is 2. The second-order valence-electron chi connectivity index (χ2n) is 6.40. The van der Waals surface area contributed by atoms with Gasteiger partial charge in [-0.25, -0.2) is 0 Å². The standard InChI is InChI=1S/C19H22BrN3/c20-17-9-7-16(8-10-17)18-14-22(13-15-5-2-1-3-6-15)19-21-11-4-12-23(18)19/h1-3,5-10,18-19,21H,4,11-14H2. The second kappa shape index (κ2) is 6.73. The Labute approximate surface area is 146 Å². The predicted octanol–water partition coefficient (Wildman–Crippen LogP) is 3.58. The summed E-state index contributed by atoms with van der Waals surface area (Å²) in [5.74, 6) is 0. The molecule has 0 radical (unpaired) electrons. The third kappa shape index (κ3) is 3.22. The van der Waals surface area contributed by atoms with E-state index in [2.05, 4.69) is 85.6 Å². The van der Waals surface area contributed by atoms with Gasteiger partial charge in [-0.3, -0.25) is 15.1 Å². The Balaban J connectivity index is 1.58. The zero-order valence-corrected chi connectivity index (χ0v) is 14.7. The Morgan fingerprint density at radius 2 is 1.83 bits per heavy atom. The molecule has 2 fully saturated rings. The lowest BCUT2D eigenvalue weighted by molar-refractivity contribution is 0.0596. The van der Waals surface area contributed by atoms with Crippen molar-refractivity contribution in [2.75, 3.05) is 19.6 Å². The van der Waals surface area contributed by atoms with Crippen molar-refractivity contribution < 1.29 is 0 Å². The van der Waals surface area contributed by atoms with E-state index in [1.165, 1.54) is 24.1 Å². The molecule has 0 amide bonds. The van der Waals surface area contributed by atoms with E-state index in [0.717, 1.165) is 24.1 Å². The lowest BCUT2D eigenvalue weighted by Crippen LogP contribution is -2.53. The van der Waals surface area contributed by atoms with E-state index in [1.54, 1.807) is 0 Å². The van der Waals surface area contributed by atoms with Crippen LogP contribution in [0.3, 0.4) is 0 Å². The van der Waals surface area contributed by atoms with Crippen LogP contribution in [-0.2, 0) is 6.54 Å². The van der Waals surface area contributed by atoms with Gasteiger partial charge in [0.05, 0.1) is 6.04 Å². The highest BCUT2D eigenvalue weighted by Gasteiger charge is 2.40. The summed E-state index contributed by atoms with van der Waals surface area (Å²) in [5, 5.41) is 3.71. The zero-order chi connectivity index (χ0) is 15.6. The molecule has 0 saturated carbocycles. The summed E-state index contributed by atoms with van der Waals surface area (Å²) in [6.45, 7) is 4.36. The van der Waals surface area contributed by atoms with Gasteiger partial charge < -0.3 is 0 Å². The molecule has 2 aromatic rings. The van der Waals surface area contributed by atoms with E-state index >= 15 is 0 Å². The average Bonchev–Trinajstić information content (AvgIpc) is 2.95. The van der Waals surface area contributed by atoms with Crippen LogP contribution in [0.15, 0.2) is 59.1 Å². The van der Waals surface area contributed by atoms with E-state index < -0.39 is 0 Å². The summed E-state index contributed by atoms with van der Waals surface area (Å²) in [4.78, 5) is 5.19. The SMILES string of the molecule is Brc1ccc(C2CN(Cc3ccccc3)C3NCCCN23)cc1. The van der Waals surface area contributed by atoms with Gasteiger partial charge in [0.2, 0.25) is 0 Å². The number of nitrogens with zero attached hydrogens (tertiary/aromatic N) is 2. The Hall–Kier alpha value is -1.20. The van der Waals surface area contributed by atoms with E-state index in [4.69, 9.17) is 0 Å². The molecule has 2 aliphatic rings. The van der Waals surface area contributed by atoms with Gasteiger partial charge in [-0.2, -0.15) is 0 Å². The number of hydrogen-bond acceptors (Lipinski definition) is 3. The molecular weight excluding hydrogens is 350 g/mol. The van der Waals surface area contributed by atoms with E-state index in [9.17, 15) is 0 Å². The van der Waals surface area contributed by atoms with Crippen LogP contribution >= 0.6 is 15.9 Å². The fourth-order valence-electron chi connectivity index (χ4n) is 3.78. The molecule has 2 aromatic carbocycles. The van der Waals surface area contributed by atoms with Crippen LogP contribution in [0.5, 0.6) is 0 Å². The van der Waals surface area contributed by atoms with Gasteiger partial charge in [-0.05, 0) is 36.2 Å². The van der Waals surface area contributed by atoms with Gasteiger partial charge in [0.1, 0.15) is 6.29 Å². The highest BCUT2D eigenvalue weighted by molar-refractivity contribution is 9.10. The molecule has 2 saturated heterocycles. The topological polar surface area (TPSA) is 18.5 Å². The molecule has 0 aromatic heterocycles. The third-order valence-corrected chi connectivity index (χ3v) is 5.40. The van der Waals surface area contributed by atoms with Crippen molar-refractivity contribution in [1.82, 2.24) is 15.1 Å². The first kappa shape index (κ1) is 15.3. The maximum atomic E-state index is 3.71. The molecule has 4 heteroatoms. The van der Waals surface area contributed by atoms with Gasteiger partial charge >= 0.3 is 0 Å². The van der Waals surface area contributed by atoms with Crippen molar-refractivity contribution in [3.8, 4) is 0 Å². The second-order valence-corrected chi connectivity index (χ2v) is 7.32. The third-order valence-electron chi connectivity index (χ3n) is 4.87. The first-order chi connectivity index (χ1) is 11.3. The van der Waals surface area contributed by atoms with Crippen molar-refractivity contribution in [3.63, 3.8) is 0 Å². The molecular formula is C19H22BrN3. The highest BCUT2D eigenvalue weighted by atomic mass is 79.9. The fourth-order valence-corrected chi connectivity index (χ4v) is 4.04. The Kier molecular flexibility index (Phi) is 4.49. The lowest BCUT2D eigenvalue weighted by Gasteiger charge is -2.36. The Bertz CT molecular complexity index is 643. The minimum absolute atomic E-state index is 0.359. The number of nitrogens with one attached hydrogen (secondary N) is 1. The van der Waals surface area contributed by atoms with Crippen molar-refractivity contribution in [2.45, 2.75) is 25.3 Å². The molecule has 3 nitrogen and oxygen atoms in total. The first-order valence-electron chi connectivity index (χ1n) is 8.34. The van der Waals surface area contributed by atoms with Crippen LogP contribution in [0, 0.1) is 0 Å². The summed E-state index contributed by atoms with van der Waals surface area (Å²) in [6.07, 6.45) is 1.58. The van der Waals surface area contributed by atoms with Crippen molar-refractivity contribution in [2.24, 2.45) is 0 Å². The Morgan fingerprint density at radius 1 is 1.04 bits per heavy atom. The molecule has 4 rings (SSSR count). The molecule has 23 heavy (non-hydrogen) atoms. The smallest absolute Gasteiger partial charge is 0.117 e. The molecule has 2 heterocycles. The summed E-state index contributed by atoms with van der Waals surface area (Å²) in [7, 11) is 0. The molecule has 0 spiro atoms. The molecule has 2 atom stereocenters. The van der Waals surface area contributed by atoms with Crippen LogP contribution in [-0.4, -0.2) is 35.7 Å². The van der Waals surface area contributed by atoms with Crippen LogP contribution in [0.25, 0.3) is 0 Å². The fraction of sp³-hybridized carbons (Fsp3) is 0.368. The van der Waals surface area contributed by atoms with Gasteiger partial charge in [-0.1, -0.05) is 58.4 Å². The van der Waals surface area contributed by atoms with Crippen LogP contribution in [0.1, 0.15) is 23.6 Å². The summed E-state index contributed by atoms with van der Waals surface area (Å²) in [5.41, 5.74) is 2.80. The number of rotatable bonds is 3. The summed E-state index contributed by atoms with van der Waals surface area (Å²) >= 11 is 3.54. The van der Waals surface area contributed by atoms with Crippen molar-refractivity contribution in [3.05, 3.63) is 70.2 Å². The van der Waals surface area contributed by atoms with Gasteiger partial charge in [-0.15, -0.1) is 0 Å². The van der Waals surface area contributed by atoms with Crippen LogP contribution in [0.4, 0.5) is 0 Å². The summed E-state index contributed by atoms with van der Waals surface area (Å²) in [6, 6.07) is 20.1. The predicted molar refractivity (Wildman–Crippen MR) is 96.8 cm³/mol. The lowest BCUT2D eigenvalue weighted by atomic mass is 10.1. The van der Waals surface area contributed by atoms with Gasteiger partial charge in [0, 0.05) is 24.1 Å². The van der Waals surface area contributed by atoms with E-state index in [-0.39, 0.29) is 0 Å². The molecule has 0 aliphatic carbocycles. The van der Waals surface area contributed by atoms with Crippen molar-refractivity contribution in [1.29, 1.82) is 0 Å². The maximum Gasteiger partial charge on any atom is 0.117 e. The van der Waals surface area contributed by atoms with Crippen LogP contribution < -0.4 is 5.32 Å². The van der Waals surface area contributed by atoms with E-state index in [0.29, 0.717) is 12.3 Å². The zero-order valence-electron chi connectivity index (χ0n) is 13.2. The van der Waals surface area contributed by atoms with E-state index in [1.807, 2.05) is 0 Å². The molecule has 2 unspecified atom stereocenters. The number of fused-ring (bicyclic) bond motifs is 1.